The quantitative estimate of drug-likeness (QED) is 0.282. The van der Waals surface area contributed by atoms with Gasteiger partial charge in [-0.15, -0.1) is 0 Å². The number of benzene rings is 3. The van der Waals surface area contributed by atoms with Crippen LogP contribution in [-0.4, -0.2) is 18.0 Å². The number of nitrogens with zero attached hydrogens (tertiary/aromatic N) is 1. The number of ether oxygens (including phenoxy) is 1. The lowest BCUT2D eigenvalue weighted by Crippen LogP contribution is -2.32. The van der Waals surface area contributed by atoms with E-state index in [1.807, 2.05) is 37.3 Å². The van der Waals surface area contributed by atoms with Gasteiger partial charge in [-0.3, -0.25) is 9.59 Å². The van der Waals surface area contributed by atoms with Gasteiger partial charge in [-0.2, -0.15) is 5.10 Å². The van der Waals surface area contributed by atoms with E-state index < -0.39 is 11.8 Å². The molecule has 164 valence electrons. The summed E-state index contributed by atoms with van der Waals surface area (Å²) in [6, 6.07) is 19.7. The number of hydrogen-bond acceptors (Lipinski definition) is 4. The predicted molar refractivity (Wildman–Crippen MR) is 127 cm³/mol. The zero-order valence-electron chi connectivity index (χ0n) is 17.3. The molecule has 3 rings (SSSR count). The van der Waals surface area contributed by atoms with Gasteiger partial charge in [0.05, 0.1) is 11.2 Å². The number of carbonyl (C=O) groups is 2. The molecule has 0 heterocycles. The molecular formula is C24H21Cl2N3O3. The van der Waals surface area contributed by atoms with Crippen LogP contribution >= 0.6 is 23.2 Å². The van der Waals surface area contributed by atoms with Crippen LogP contribution in [0.2, 0.25) is 10.0 Å². The Bertz CT molecular complexity index is 1130. The van der Waals surface area contributed by atoms with Crippen LogP contribution in [0.25, 0.3) is 0 Å². The molecule has 0 aliphatic carbocycles. The summed E-state index contributed by atoms with van der Waals surface area (Å²) in [5.74, 6) is -1.21. The van der Waals surface area contributed by atoms with E-state index >= 15 is 0 Å². The minimum atomic E-state index is -0.883. The Kier molecular flexibility index (Phi) is 8.25. The Morgan fingerprint density at radius 3 is 2.41 bits per heavy atom. The summed E-state index contributed by atoms with van der Waals surface area (Å²) in [6.07, 6.45) is 2.27. The first-order valence-electron chi connectivity index (χ1n) is 9.85. The summed E-state index contributed by atoms with van der Waals surface area (Å²) in [5, 5.41) is 7.31. The van der Waals surface area contributed by atoms with E-state index in [1.54, 1.807) is 36.4 Å². The Morgan fingerprint density at radius 1 is 0.969 bits per heavy atom. The topological polar surface area (TPSA) is 79.8 Å². The Labute approximate surface area is 196 Å². The summed E-state index contributed by atoms with van der Waals surface area (Å²) in [6.45, 7) is 2.31. The number of hydrogen-bond donors (Lipinski definition) is 2. The van der Waals surface area contributed by atoms with Crippen molar-refractivity contribution in [1.29, 1.82) is 0 Å². The van der Waals surface area contributed by atoms with Gasteiger partial charge < -0.3 is 10.1 Å². The van der Waals surface area contributed by atoms with Gasteiger partial charge in [0.15, 0.2) is 0 Å². The zero-order chi connectivity index (χ0) is 22.9. The summed E-state index contributed by atoms with van der Waals surface area (Å²) in [5.41, 5.74) is 5.32. The molecule has 0 atom stereocenters. The molecule has 3 aromatic carbocycles. The lowest BCUT2D eigenvalue weighted by atomic mass is 10.1. The van der Waals surface area contributed by atoms with E-state index in [0.717, 1.165) is 17.5 Å². The van der Waals surface area contributed by atoms with Crippen LogP contribution in [0.1, 0.15) is 23.6 Å². The van der Waals surface area contributed by atoms with Gasteiger partial charge in [0.2, 0.25) is 0 Å². The van der Waals surface area contributed by atoms with Crippen LogP contribution in [0.5, 0.6) is 5.75 Å². The second-order valence-corrected chi connectivity index (χ2v) is 7.59. The van der Waals surface area contributed by atoms with Gasteiger partial charge in [-0.1, -0.05) is 60.5 Å². The molecule has 2 amide bonds. The van der Waals surface area contributed by atoms with Crippen molar-refractivity contribution in [2.75, 3.05) is 5.32 Å². The van der Waals surface area contributed by atoms with Crippen molar-refractivity contribution in [3.8, 4) is 5.75 Å². The molecule has 0 aliphatic rings. The standard InChI is InChI=1S/C24H21Cl2N3O3/c1-2-16-7-10-19(11-8-16)28-23(30)24(31)29-27-14-17-9-12-22(21(26)13-17)32-15-18-5-3-4-6-20(18)25/h3-14H,2,15H2,1H3,(H,28,30)(H,29,31)/b27-14-. The molecule has 2 N–H and O–H groups in total. The molecule has 0 aromatic heterocycles. The number of hydrazone groups is 1. The van der Waals surface area contributed by atoms with Crippen molar-refractivity contribution in [2.45, 2.75) is 20.0 Å². The fraction of sp³-hybridized carbons (Fsp3) is 0.125. The fourth-order valence-electron chi connectivity index (χ4n) is 2.71. The van der Waals surface area contributed by atoms with Gasteiger partial charge in [0.25, 0.3) is 0 Å². The average molecular weight is 470 g/mol. The van der Waals surface area contributed by atoms with Crippen LogP contribution < -0.4 is 15.5 Å². The molecule has 0 bridgehead atoms. The Hall–Kier alpha value is -3.35. The number of rotatable bonds is 7. The monoisotopic (exact) mass is 469 g/mol. The molecule has 0 saturated carbocycles. The first kappa shape index (κ1) is 23.3. The molecule has 3 aromatic rings. The van der Waals surface area contributed by atoms with Gasteiger partial charge in [-0.25, -0.2) is 5.43 Å². The van der Waals surface area contributed by atoms with Crippen LogP contribution in [0.4, 0.5) is 5.69 Å². The minimum Gasteiger partial charge on any atom is -0.487 e. The molecule has 0 aliphatic heterocycles. The van der Waals surface area contributed by atoms with Crippen molar-refractivity contribution in [3.63, 3.8) is 0 Å². The van der Waals surface area contributed by atoms with E-state index in [2.05, 4.69) is 15.8 Å². The largest absolute Gasteiger partial charge is 0.487 e. The van der Waals surface area contributed by atoms with Crippen LogP contribution in [0, 0.1) is 0 Å². The third-order valence-electron chi connectivity index (χ3n) is 4.50. The molecule has 0 saturated heterocycles. The van der Waals surface area contributed by atoms with Crippen LogP contribution in [-0.2, 0) is 22.6 Å². The van der Waals surface area contributed by atoms with Crippen LogP contribution in [0.15, 0.2) is 71.8 Å². The first-order chi connectivity index (χ1) is 15.5. The summed E-state index contributed by atoms with van der Waals surface area (Å²) >= 11 is 12.4. The molecule has 0 unspecified atom stereocenters. The third kappa shape index (κ3) is 6.57. The SMILES string of the molecule is CCc1ccc(NC(=O)C(=O)N/N=C\c2ccc(OCc3ccccc3Cl)c(Cl)c2)cc1. The zero-order valence-corrected chi connectivity index (χ0v) is 18.8. The Morgan fingerprint density at radius 2 is 1.72 bits per heavy atom. The maximum absolute atomic E-state index is 12.0. The van der Waals surface area contributed by atoms with E-state index in [1.165, 1.54) is 6.21 Å². The second kappa shape index (κ2) is 11.3. The first-order valence-corrected chi connectivity index (χ1v) is 10.6. The molecule has 6 nitrogen and oxygen atoms in total. The number of nitrogens with one attached hydrogen (secondary N) is 2. The summed E-state index contributed by atoms with van der Waals surface area (Å²) < 4.78 is 5.72. The average Bonchev–Trinajstić information content (AvgIpc) is 2.80. The Balaban J connectivity index is 1.52. The molecule has 32 heavy (non-hydrogen) atoms. The number of aryl methyl sites for hydroxylation is 1. The fourth-order valence-corrected chi connectivity index (χ4v) is 3.15. The number of carbonyl (C=O) groups excluding carboxylic acids is 2. The van der Waals surface area contributed by atoms with E-state index in [4.69, 9.17) is 27.9 Å². The van der Waals surface area contributed by atoms with Crippen molar-refractivity contribution in [2.24, 2.45) is 5.10 Å². The molecule has 8 heteroatoms. The van der Waals surface area contributed by atoms with Crippen molar-refractivity contribution in [1.82, 2.24) is 5.43 Å². The lowest BCUT2D eigenvalue weighted by Gasteiger charge is -2.09. The number of halogens is 2. The normalized spacial score (nSPS) is 10.7. The molecule has 0 spiro atoms. The van der Waals surface area contributed by atoms with Gasteiger partial charge in [-0.05, 0) is 53.9 Å². The smallest absolute Gasteiger partial charge is 0.329 e. The second-order valence-electron chi connectivity index (χ2n) is 6.77. The predicted octanol–water partition coefficient (Wildman–Crippen LogP) is 5.22. The molecule has 0 fully saturated rings. The van der Waals surface area contributed by atoms with Crippen molar-refractivity contribution >= 4 is 46.9 Å². The molecular weight excluding hydrogens is 449 g/mol. The van der Waals surface area contributed by atoms with Crippen molar-refractivity contribution in [3.05, 3.63) is 93.5 Å². The van der Waals surface area contributed by atoms with E-state index in [9.17, 15) is 9.59 Å². The highest BCUT2D eigenvalue weighted by Gasteiger charge is 2.12. The van der Waals surface area contributed by atoms with E-state index in [0.29, 0.717) is 27.0 Å². The number of amides is 2. The van der Waals surface area contributed by atoms with E-state index in [-0.39, 0.29) is 6.61 Å². The maximum Gasteiger partial charge on any atom is 0.329 e. The summed E-state index contributed by atoms with van der Waals surface area (Å²) in [7, 11) is 0. The highest BCUT2D eigenvalue weighted by molar-refractivity contribution is 6.39. The van der Waals surface area contributed by atoms with Crippen molar-refractivity contribution < 1.29 is 14.3 Å². The third-order valence-corrected chi connectivity index (χ3v) is 5.17. The highest BCUT2D eigenvalue weighted by Crippen LogP contribution is 2.27. The maximum atomic E-state index is 12.0. The summed E-state index contributed by atoms with van der Waals surface area (Å²) in [4.78, 5) is 23.9. The van der Waals surface area contributed by atoms with Gasteiger partial charge in [0, 0.05) is 16.3 Å². The molecule has 0 radical (unpaired) electrons. The van der Waals surface area contributed by atoms with Gasteiger partial charge >= 0.3 is 11.8 Å². The van der Waals surface area contributed by atoms with Gasteiger partial charge in [0.1, 0.15) is 12.4 Å². The number of anilines is 1. The highest BCUT2D eigenvalue weighted by atomic mass is 35.5. The minimum absolute atomic E-state index is 0.277. The van der Waals surface area contributed by atoms with Crippen LogP contribution in [0.3, 0.4) is 0 Å². The lowest BCUT2D eigenvalue weighted by molar-refractivity contribution is -0.136.